The molecule has 3 heterocycles. The molecule has 1 unspecified atom stereocenters. The molecule has 6 nitrogen and oxygen atoms in total. The van der Waals surface area contributed by atoms with E-state index in [2.05, 4.69) is 36.2 Å². The molecule has 6 heteroatoms. The quantitative estimate of drug-likeness (QED) is 0.583. The molecule has 32 heavy (non-hydrogen) atoms. The van der Waals surface area contributed by atoms with E-state index in [4.69, 9.17) is 14.5 Å². The highest BCUT2D eigenvalue weighted by Crippen LogP contribution is 2.37. The van der Waals surface area contributed by atoms with Crippen LogP contribution < -0.4 is 0 Å². The highest BCUT2D eigenvalue weighted by molar-refractivity contribution is 5.94. The fourth-order valence-electron chi connectivity index (χ4n) is 4.83. The summed E-state index contributed by atoms with van der Waals surface area (Å²) in [4.78, 5) is 20.3. The number of likely N-dealkylation sites (tertiary alicyclic amines) is 1. The van der Waals surface area contributed by atoms with Crippen LogP contribution in [0.25, 0.3) is 11.3 Å². The van der Waals surface area contributed by atoms with Gasteiger partial charge in [0.15, 0.2) is 5.69 Å². The lowest BCUT2D eigenvalue weighted by Gasteiger charge is -2.32. The van der Waals surface area contributed by atoms with E-state index in [1.165, 1.54) is 12.7 Å². The van der Waals surface area contributed by atoms with Crippen molar-refractivity contribution in [2.24, 2.45) is 0 Å². The zero-order chi connectivity index (χ0) is 22.1. The number of carbonyl (C=O) groups is 1. The standard InChI is InChI=1S/C26H29N3O3/c1-28-15-13-20(14-16-28)32-24-21-11-7-6-8-18(21)12-17-29-23(26(30)31-2)22(27-25(24)29)19-9-4-3-5-10-19/h3-11,20,24H,12-17H2,1-2H3. The summed E-state index contributed by atoms with van der Waals surface area (Å²) >= 11 is 0. The van der Waals surface area contributed by atoms with Gasteiger partial charge in [-0.1, -0.05) is 54.6 Å². The maximum atomic E-state index is 12.9. The Bertz CT molecular complexity index is 1100. The summed E-state index contributed by atoms with van der Waals surface area (Å²) in [5.74, 6) is 0.416. The van der Waals surface area contributed by atoms with Gasteiger partial charge in [0.1, 0.15) is 17.6 Å². The van der Waals surface area contributed by atoms with Crippen LogP contribution in [0.4, 0.5) is 0 Å². The predicted octanol–water partition coefficient (Wildman–Crippen LogP) is 4.09. The molecule has 5 rings (SSSR count). The number of aryl methyl sites for hydroxylation is 1. The van der Waals surface area contributed by atoms with Crippen LogP contribution in [0, 0.1) is 0 Å². The molecule has 166 valence electrons. The van der Waals surface area contributed by atoms with E-state index in [1.54, 1.807) is 0 Å². The van der Waals surface area contributed by atoms with Crippen LogP contribution >= 0.6 is 0 Å². The minimum absolute atomic E-state index is 0.161. The van der Waals surface area contributed by atoms with E-state index in [0.717, 1.165) is 49.3 Å². The van der Waals surface area contributed by atoms with Crippen molar-refractivity contribution in [1.29, 1.82) is 0 Å². The highest BCUT2D eigenvalue weighted by atomic mass is 16.5. The van der Waals surface area contributed by atoms with Crippen LogP contribution in [0.3, 0.4) is 0 Å². The van der Waals surface area contributed by atoms with E-state index in [0.29, 0.717) is 17.9 Å². The Morgan fingerprint density at radius 1 is 1.00 bits per heavy atom. The number of carbonyl (C=O) groups excluding carboxylic acids is 1. The lowest BCUT2D eigenvalue weighted by molar-refractivity contribution is -0.0276. The first-order valence-corrected chi connectivity index (χ1v) is 11.3. The van der Waals surface area contributed by atoms with Crippen molar-refractivity contribution in [2.45, 2.75) is 38.0 Å². The van der Waals surface area contributed by atoms with Crippen molar-refractivity contribution in [3.63, 3.8) is 0 Å². The summed E-state index contributed by atoms with van der Waals surface area (Å²) in [6, 6.07) is 18.3. The molecule has 2 aliphatic rings. The van der Waals surface area contributed by atoms with Crippen LogP contribution in [-0.2, 0) is 22.4 Å². The Labute approximate surface area is 188 Å². The smallest absolute Gasteiger partial charge is 0.357 e. The molecule has 0 spiro atoms. The van der Waals surface area contributed by atoms with Gasteiger partial charge in [0.05, 0.1) is 13.2 Å². The number of ether oxygens (including phenoxy) is 2. The van der Waals surface area contributed by atoms with Gasteiger partial charge in [-0.25, -0.2) is 9.78 Å². The fraction of sp³-hybridized carbons (Fsp3) is 0.385. The molecule has 0 N–H and O–H groups in total. The predicted molar refractivity (Wildman–Crippen MR) is 123 cm³/mol. The number of hydrogen-bond donors (Lipinski definition) is 0. The molecule has 0 radical (unpaired) electrons. The summed E-state index contributed by atoms with van der Waals surface area (Å²) in [6.07, 6.45) is 2.64. The number of piperidine rings is 1. The van der Waals surface area contributed by atoms with Gasteiger partial charge in [-0.3, -0.25) is 0 Å². The number of esters is 1. The SMILES string of the molecule is COC(=O)c1c(-c2ccccc2)nc2n1CCc1ccccc1C2OC1CCN(C)CC1. The van der Waals surface area contributed by atoms with Gasteiger partial charge in [0.2, 0.25) is 0 Å². The van der Waals surface area contributed by atoms with Crippen LogP contribution in [0.1, 0.15) is 46.4 Å². The Kier molecular flexibility index (Phi) is 5.81. The van der Waals surface area contributed by atoms with Crippen LogP contribution in [0.2, 0.25) is 0 Å². The maximum absolute atomic E-state index is 12.9. The third-order valence-corrected chi connectivity index (χ3v) is 6.59. The van der Waals surface area contributed by atoms with Crippen molar-refractivity contribution >= 4 is 5.97 Å². The summed E-state index contributed by atoms with van der Waals surface area (Å²) < 4.78 is 14.0. The molecule has 0 aliphatic carbocycles. The van der Waals surface area contributed by atoms with Crippen LogP contribution in [0.15, 0.2) is 54.6 Å². The van der Waals surface area contributed by atoms with Crippen molar-refractivity contribution in [3.8, 4) is 11.3 Å². The van der Waals surface area contributed by atoms with Crippen LogP contribution in [-0.4, -0.2) is 53.8 Å². The highest BCUT2D eigenvalue weighted by Gasteiger charge is 2.34. The lowest BCUT2D eigenvalue weighted by atomic mass is 10.00. The van der Waals surface area contributed by atoms with Crippen LogP contribution in [0.5, 0.6) is 0 Å². The van der Waals surface area contributed by atoms with Gasteiger partial charge in [0.25, 0.3) is 0 Å². The molecule has 0 amide bonds. The van der Waals surface area contributed by atoms with E-state index in [1.807, 2.05) is 34.9 Å². The Morgan fingerprint density at radius 3 is 2.47 bits per heavy atom. The van der Waals surface area contributed by atoms with Crippen molar-refractivity contribution in [3.05, 3.63) is 77.2 Å². The third-order valence-electron chi connectivity index (χ3n) is 6.59. The number of benzene rings is 2. The van der Waals surface area contributed by atoms with Gasteiger partial charge in [-0.15, -0.1) is 0 Å². The van der Waals surface area contributed by atoms with E-state index >= 15 is 0 Å². The second-order valence-electron chi connectivity index (χ2n) is 8.64. The van der Waals surface area contributed by atoms with Gasteiger partial charge >= 0.3 is 5.97 Å². The molecule has 1 atom stereocenters. The molecule has 2 aromatic carbocycles. The van der Waals surface area contributed by atoms with Gasteiger partial charge in [-0.05, 0) is 37.4 Å². The largest absolute Gasteiger partial charge is 0.464 e. The summed E-state index contributed by atoms with van der Waals surface area (Å²) in [6.45, 7) is 2.70. The molecular formula is C26H29N3O3. The number of imidazole rings is 1. The Balaban J connectivity index is 1.64. The first-order chi connectivity index (χ1) is 15.7. The Hall–Kier alpha value is -2.96. The lowest BCUT2D eigenvalue weighted by Crippen LogP contribution is -2.35. The Morgan fingerprint density at radius 2 is 1.72 bits per heavy atom. The number of hydrogen-bond acceptors (Lipinski definition) is 5. The fourth-order valence-corrected chi connectivity index (χ4v) is 4.83. The zero-order valence-corrected chi connectivity index (χ0v) is 18.7. The molecule has 0 bridgehead atoms. The number of rotatable bonds is 4. The van der Waals surface area contributed by atoms with Gasteiger partial charge in [0, 0.05) is 25.2 Å². The number of nitrogens with zero attached hydrogens (tertiary/aromatic N) is 3. The topological polar surface area (TPSA) is 56.6 Å². The zero-order valence-electron chi connectivity index (χ0n) is 18.7. The molecule has 2 aliphatic heterocycles. The normalized spacial score (nSPS) is 19.1. The van der Waals surface area contributed by atoms with E-state index < -0.39 is 0 Å². The minimum Gasteiger partial charge on any atom is -0.464 e. The number of fused-ring (bicyclic) bond motifs is 2. The minimum atomic E-state index is -0.369. The molecule has 0 saturated carbocycles. The molecule has 1 saturated heterocycles. The average molecular weight is 432 g/mol. The second kappa shape index (κ2) is 8.88. The first-order valence-electron chi connectivity index (χ1n) is 11.3. The molecular weight excluding hydrogens is 402 g/mol. The van der Waals surface area contributed by atoms with Gasteiger partial charge in [-0.2, -0.15) is 0 Å². The number of methoxy groups -OCH3 is 1. The maximum Gasteiger partial charge on any atom is 0.357 e. The van der Waals surface area contributed by atoms with E-state index in [-0.39, 0.29) is 18.2 Å². The average Bonchev–Trinajstić information content (AvgIpc) is 3.15. The van der Waals surface area contributed by atoms with E-state index in [9.17, 15) is 4.79 Å². The number of aromatic nitrogens is 2. The third kappa shape index (κ3) is 3.85. The van der Waals surface area contributed by atoms with Crippen molar-refractivity contribution < 1.29 is 14.3 Å². The summed E-state index contributed by atoms with van der Waals surface area (Å²) in [7, 11) is 3.58. The van der Waals surface area contributed by atoms with Crippen molar-refractivity contribution in [2.75, 3.05) is 27.2 Å². The van der Waals surface area contributed by atoms with Gasteiger partial charge < -0.3 is 18.9 Å². The molecule has 1 fully saturated rings. The molecule has 1 aromatic heterocycles. The van der Waals surface area contributed by atoms with Crippen molar-refractivity contribution in [1.82, 2.24) is 14.5 Å². The molecule has 3 aromatic rings. The summed E-state index contributed by atoms with van der Waals surface area (Å²) in [5.41, 5.74) is 4.45. The monoisotopic (exact) mass is 431 g/mol. The summed E-state index contributed by atoms with van der Waals surface area (Å²) in [5, 5.41) is 0. The second-order valence-corrected chi connectivity index (χ2v) is 8.64. The first kappa shape index (κ1) is 20.9.